The normalized spacial score (nSPS) is 34.1. The van der Waals surface area contributed by atoms with E-state index in [1.165, 1.54) is 77.0 Å². The molecule has 12 N–H and O–H groups in total. The summed E-state index contributed by atoms with van der Waals surface area (Å²) >= 11 is 0. The van der Waals surface area contributed by atoms with Crippen molar-refractivity contribution in [1.29, 1.82) is 0 Å². The van der Waals surface area contributed by atoms with Crippen LogP contribution in [0.5, 0.6) is 0 Å². The Morgan fingerprint density at radius 3 is 1.34 bits per heavy atom. The zero-order valence-electron chi connectivity index (χ0n) is 39.0. The van der Waals surface area contributed by atoms with Crippen LogP contribution < -0.4 is 5.32 Å². The maximum atomic E-state index is 13.2. The molecule has 3 aliphatic rings. The minimum Gasteiger partial charge on any atom is -0.394 e. The molecule has 17 unspecified atom stereocenters. The highest BCUT2D eigenvalue weighted by Gasteiger charge is 2.53. The van der Waals surface area contributed by atoms with Gasteiger partial charge in [0.1, 0.15) is 73.2 Å². The lowest BCUT2D eigenvalue weighted by molar-refractivity contribution is -0.379. The van der Waals surface area contributed by atoms with E-state index in [9.17, 15) is 61.0 Å². The summed E-state index contributed by atoms with van der Waals surface area (Å²) in [7, 11) is 0. The van der Waals surface area contributed by atoms with Crippen molar-refractivity contribution >= 4 is 5.91 Å². The molecule has 0 spiro atoms. The third-order valence-corrected chi connectivity index (χ3v) is 12.9. The Bertz CT molecular complexity index is 1220. The molecule has 3 aliphatic heterocycles. The molecule has 0 aromatic rings. The number of amides is 1. The molecular formula is C46H87NO18. The number of hydrogen-bond acceptors (Lipinski definition) is 18. The number of hydrogen-bond donors (Lipinski definition) is 12. The Kier molecular flexibility index (Phi) is 29.1. The van der Waals surface area contributed by atoms with Crippen LogP contribution in [-0.2, 0) is 33.2 Å². The third-order valence-electron chi connectivity index (χ3n) is 12.9. The zero-order valence-corrected chi connectivity index (χ0v) is 39.0. The maximum absolute atomic E-state index is 13.2. The van der Waals surface area contributed by atoms with E-state index >= 15 is 0 Å². The fourth-order valence-electron chi connectivity index (χ4n) is 8.72. The van der Waals surface area contributed by atoms with Gasteiger partial charge in [-0.15, -0.1) is 0 Å². The molecule has 3 rings (SSSR count). The van der Waals surface area contributed by atoms with Crippen LogP contribution in [-0.4, -0.2) is 193 Å². The van der Waals surface area contributed by atoms with Gasteiger partial charge in [-0.2, -0.15) is 0 Å². The van der Waals surface area contributed by atoms with Crippen molar-refractivity contribution in [3.63, 3.8) is 0 Å². The fraction of sp³-hybridized carbons (Fsp3) is 0.978. The average Bonchev–Trinajstić information content (AvgIpc) is 3.30. The van der Waals surface area contributed by atoms with Crippen LogP contribution in [0.4, 0.5) is 0 Å². The van der Waals surface area contributed by atoms with E-state index in [-0.39, 0.29) is 18.9 Å². The quantitative estimate of drug-likeness (QED) is 0.0399. The van der Waals surface area contributed by atoms with Gasteiger partial charge in [0.2, 0.25) is 5.91 Å². The largest absolute Gasteiger partial charge is 0.394 e. The van der Waals surface area contributed by atoms with Crippen LogP contribution >= 0.6 is 0 Å². The van der Waals surface area contributed by atoms with E-state index in [2.05, 4.69) is 19.2 Å². The molecule has 0 aromatic heterocycles. The van der Waals surface area contributed by atoms with Crippen LogP contribution in [0.1, 0.15) is 155 Å². The van der Waals surface area contributed by atoms with Gasteiger partial charge >= 0.3 is 0 Å². The summed E-state index contributed by atoms with van der Waals surface area (Å²) in [6.07, 6.45) is -3.29. The van der Waals surface area contributed by atoms with E-state index in [1.807, 2.05) is 0 Å². The van der Waals surface area contributed by atoms with Gasteiger partial charge in [0.25, 0.3) is 0 Å². The fourth-order valence-corrected chi connectivity index (χ4v) is 8.72. The number of aliphatic hydroxyl groups excluding tert-OH is 11. The highest BCUT2D eigenvalue weighted by molar-refractivity contribution is 5.76. The molecule has 0 aliphatic carbocycles. The Morgan fingerprint density at radius 1 is 0.492 bits per heavy atom. The van der Waals surface area contributed by atoms with Gasteiger partial charge in [-0.1, -0.05) is 136 Å². The molecule has 3 saturated heterocycles. The Balaban J connectivity index is 1.56. The first-order valence-electron chi connectivity index (χ1n) is 24.8. The number of carbonyl (C=O) groups is 1. The van der Waals surface area contributed by atoms with E-state index in [0.29, 0.717) is 12.8 Å². The van der Waals surface area contributed by atoms with E-state index in [4.69, 9.17) is 28.4 Å². The number of rotatable bonds is 34. The summed E-state index contributed by atoms with van der Waals surface area (Å²) < 4.78 is 34.1. The topological polar surface area (TPSA) is 307 Å². The number of unbranched alkanes of at least 4 members (excludes halogenated alkanes) is 18. The predicted octanol–water partition coefficient (Wildman–Crippen LogP) is 0.919. The summed E-state index contributed by atoms with van der Waals surface area (Å²) in [5.41, 5.74) is 0. The standard InChI is InChI=1S/C46H87NO18/c1-3-5-7-9-11-13-14-15-16-18-20-22-24-34(52)47-29(30(51)23-21-19-17-12-10-8-6-4-2)28-60-44-40(58)37(55)42(32(26-49)62-44)65-46-41(59)38(56)43(33(27-50)63-46)64-45-39(57)36(54)35(53)31(25-48)61-45/h29-33,35-46,48-51,53-59H,3-28H2,1-2H3,(H,47,52). The van der Waals surface area contributed by atoms with Crippen molar-refractivity contribution in [1.82, 2.24) is 5.32 Å². The van der Waals surface area contributed by atoms with Crippen LogP contribution in [0.2, 0.25) is 0 Å². The second-order valence-corrected chi connectivity index (χ2v) is 18.3. The second kappa shape index (κ2) is 32.6. The summed E-state index contributed by atoms with van der Waals surface area (Å²) in [5, 5.41) is 119. The number of ether oxygens (including phenoxy) is 6. The van der Waals surface area contributed by atoms with Crippen molar-refractivity contribution in [2.75, 3.05) is 26.4 Å². The van der Waals surface area contributed by atoms with Crippen molar-refractivity contribution < 1.29 is 89.4 Å². The molecular weight excluding hydrogens is 854 g/mol. The lowest BCUT2D eigenvalue weighted by atomic mass is 9.96. The summed E-state index contributed by atoms with van der Waals surface area (Å²) in [6, 6.07) is -0.875. The number of aliphatic hydroxyl groups is 11. The lowest BCUT2D eigenvalue weighted by Gasteiger charge is -2.48. The number of carbonyl (C=O) groups excluding carboxylic acids is 1. The summed E-state index contributed by atoms with van der Waals surface area (Å²) in [5.74, 6) is -0.247. The molecule has 17 atom stereocenters. The molecule has 0 aromatic carbocycles. The first-order valence-corrected chi connectivity index (χ1v) is 24.8. The first-order chi connectivity index (χ1) is 31.3. The zero-order chi connectivity index (χ0) is 47.7. The predicted molar refractivity (Wildman–Crippen MR) is 236 cm³/mol. The monoisotopic (exact) mass is 942 g/mol. The SMILES string of the molecule is CCCCCCCCCCCCCCC(=O)NC(COC1OC(CO)C(OC2OC(CO)C(OC3OC(CO)C(O)C(O)C3O)C(O)C2O)C(O)C1O)C(O)CCCCCCCCCC. The molecule has 0 radical (unpaired) electrons. The lowest BCUT2D eigenvalue weighted by Crippen LogP contribution is -2.66. The third kappa shape index (κ3) is 19.2. The first kappa shape index (κ1) is 58.1. The molecule has 19 heteroatoms. The van der Waals surface area contributed by atoms with Crippen LogP contribution in [0.3, 0.4) is 0 Å². The van der Waals surface area contributed by atoms with Gasteiger partial charge < -0.3 is 89.9 Å². The molecule has 3 fully saturated rings. The molecule has 1 amide bonds. The molecule has 0 saturated carbocycles. The molecule has 3 heterocycles. The second-order valence-electron chi connectivity index (χ2n) is 18.3. The summed E-state index contributed by atoms with van der Waals surface area (Å²) in [6.45, 7) is 1.70. The van der Waals surface area contributed by atoms with Crippen molar-refractivity contribution in [2.45, 2.75) is 259 Å². The van der Waals surface area contributed by atoms with Crippen molar-refractivity contribution in [3.05, 3.63) is 0 Å². The Hall–Kier alpha value is -1.21. The average molecular weight is 942 g/mol. The molecule has 19 nitrogen and oxygen atoms in total. The van der Waals surface area contributed by atoms with Gasteiger partial charge in [0, 0.05) is 6.42 Å². The maximum Gasteiger partial charge on any atom is 0.220 e. The van der Waals surface area contributed by atoms with Gasteiger partial charge in [-0.25, -0.2) is 0 Å². The highest BCUT2D eigenvalue weighted by atomic mass is 16.8. The van der Waals surface area contributed by atoms with Gasteiger partial charge in [0.15, 0.2) is 18.9 Å². The molecule has 65 heavy (non-hydrogen) atoms. The molecule has 384 valence electrons. The van der Waals surface area contributed by atoms with Gasteiger partial charge in [-0.05, 0) is 12.8 Å². The number of nitrogens with one attached hydrogen (secondary N) is 1. The Labute approximate surface area is 385 Å². The highest BCUT2D eigenvalue weighted by Crippen LogP contribution is 2.33. The van der Waals surface area contributed by atoms with Gasteiger partial charge in [0.05, 0.1) is 38.6 Å². The van der Waals surface area contributed by atoms with Crippen molar-refractivity contribution in [3.8, 4) is 0 Å². The molecule has 0 bridgehead atoms. The van der Waals surface area contributed by atoms with E-state index in [0.717, 1.165) is 44.9 Å². The Morgan fingerprint density at radius 2 is 0.877 bits per heavy atom. The minimum absolute atomic E-state index is 0.247. The van der Waals surface area contributed by atoms with Crippen LogP contribution in [0.15, 0.2) is 0 Å². The minimum atomic E-state index is -1.97. The van der Waals surface area contributed by atoms with Crippen molar-refractivity contribution in [2.24, 2.45) is 0 Å². The smallest absolute Gasteiger partial charge is 0.220 e. The summed E-state index contributed by atoms with van der Waals surface area (Å²) in [4.78, 5) is 13.2. The van der Waals surface area contributed by atoms with E-state index in [1.54, 1.807) is 0 Å². The van der Waals surface area contributed by atoms with Gasteiger partial charge in [-0.3, -0.25) is 4.79 Å². The van der Waals surface area contributed by atoms with E-state index < -0.39 is 124 Å². The van der Waals surface area contributed by atoms with Crippen LogP contribution in [0, 0.1) is 0 Å². The van der Waals surface area contributed by atoms with Crippen LogP contribution in [0.25, 0.3) is 0 Å².